The van der Waals surface area contributed by atoms with Crippen LogP contribution in [0.25, 0.3) is 10.9 Å². The molecule has 0 radical (unpaired) electrons. The molecule has 1 aromatic carbocycles. The Morgan fingerprint density at radius 1 is 1.03 bits per heavy atom. The Balaban J connectivity index is 1.33. The zero-order valence-electron chi connectivity index (χ0n) is 20.5. The first-order valence-corrected chi connectivity index (χ1v) is 15.4. The molecular formula is C24H30N4O7P2. The maximum atomic E-state index is 13.5. The highest BCUT2D eigenvalue weighted by atomic mass is 31.2. The molecule has 0 unspecified atom stereocenters. The molecule has 0 amide bonds. The molecule has 2 saturated heterocycles. The van der Waals surface area contributed by atoms with Gasteiger partial charge in [-0.15, -0.1) is 0 Å². The SMILES string of the molecule is CN(CCC(=O)c1ccc2cc(NC(P3(=O)OCCCO3)P3(=O)OCCCO3)[nH]c2c1)c1ccccn1. The second kappa shape index (κ2) is 11.1. The molecule has 2 aliphatic rings. The van der Waals surface area contributed by atoms with Gasteiger partial charge < -0.3 is 33.3 Å². The molecular weight excluding hydrogens is 518 g/mol. The number of H-pyrrole nitrogens is 1. The summed E-state index contributed by atoms with van der Waals surface area (Å²) in [7, 11) is -5.79. The quantitative estimate of drug-likeness (QED) is 0.271. The van der Waals surface area contributed by atoms with Crippen molar-refractivity contribution in [3.05, 3.63) is 54.2 Å². The van der Waals surface area contributed by atoms with Crippen molar-refractivity contribution in [1.29, 1.82) is 0 Å². The van der Waals surface area contributed by atoms with E-state index in [2.05, 4.69) is 15.3 Å². The number of anilines is 2. The number of rotatable bonds is 9. The summed E-state index contributed by atoms with van der Waals surface area (Å²) in [6.07, 6.45) is 3.21. The largest absolute Gasteiger partial charge is 0.365 e. The maximum absolute atomic E-state index is 13.5. The lowest BCUT2D eigenvalue weighted by Gasteiger charge is -2.35. The van der Waals surface area contributed by atoms with E-state index in [1.54, 1.807) is 24.4 Å². The summed E-state index contributed by atoms with van der Waals surface area (Å²) < 4.78 is 49.0. The predicted molar refractivity (Wildman–Crippen MR) is 140 cm³/mol. The van der Waals surface area contributed by atoms with E-state index < -0.39 is 20.7 Å². The summed E-state index contributed by atoms with van der Waals surface area (Å²) in [6, 6.07) is 12.8. The summed E-state index contributed by atoms with van der Waals surface area (Å²) >= 11 is 0. The van der Waals surface area contributed by atoms with Gasteiger partial charge in [0.15, 0.2) is 5.78 Å². The number of aromatic amines is 1. The molecule has 0 spiro atoms. The molecule has 2 aromatic heterocycles. The van der Waals surface area contributed by atoms with E-state index in [1.807, 2.05) is 36.2 Å². The van der Waals surface area contributed by atoms with E-state index in [-0.39, 0.29) is 32.2 Å². The van der Waals surface area contributed by atoms with Crippen LogP contribution in [0.1, 0.15) is 29.6 Å². The molecule has 4 heterocycles. The molecule has 37 heavy (non-hydrogen) atoms. The molecule has 11 nitrogen and oxygen atoms in total. The predicted octanol–water partition coefficient (Wildman–Crippen LogP) is 5.23. The minimum absolute atomic E-state index is 0.00597. The van der Waals surface area contributed by atoms with Crippen LogP contribution in [0.3, 0.4) is 0 Å². The third-order valence-electron chi connectivity index (χ3n) is 6.21. The Hall–Kier alpha value is -2.52. The smallest absolute Gasteiger partial charge is 0.359 e. The van der Waals surface area contributed by atoms with Crippen LogP contribution in [0.2, 0.25) is 0 Å². The number of pyridine rings is 1. The second-order valence-electron chi connectivity index (χ2n) is 8.91. The van der Waals surface area contributed by atoms with Gasteiger partial charge in [-0.1, -0.05) is 18.2 Å². The number of nitrogens with one attached hydrogen (secondary N) is 2. The number of hydrogen-bond donors (Lipinski definition) is 2. The van der Waals surface area contributed by atoms with Crippen molar-refractivity contribution in [3.8, 4) is 0 Å². The van der Waals surface area contributed by atoms with Crippen molar-refractivity contribution in [2.45, 2.75) is 24.8 Å². The van der Waals surface area contributed by atoms with Crippen molar-refractivity contribution < 1.29 is 32.0 Å². The molecule has 5 rings (SSSR count). The number of nitrogens with zero attached hydrogens (tertiary/aromatic N) is 2. The average Bonchev–Trinajstić information content (AvgIpc) is 3.33. The molecule has 2 N–H and O–H groups in total. The van der Waals surface area contributed by atoms with Crippen LogP contribution in [-0.2, 0) is 27.2 Å². The highest BCUT2D eigenvalue weighted by molar-refractivity contribution is 7.73. The van der Waals surface area contributed by atoms with Gasteiger partial charge in [0.1, 0.15) is 11.6 Å². The first-order valence-electron chi connectivity index (χ1n) is 12.2. The van der Waals surface area contributed by atoms with Crippen LogP contribution >= 0.6 is 15.2 Å². The number of aromatic nitrogens is 2. The Morgan fingerprint density at radius 2 is 1.70 bits per heavy atom. The lowest BCUT2D eigenvalue weighted by Crippen LogP contribution is -2.29. The van der Waals surface area contributed by atoms with Crippen molar-refractivity contribution in [3.63, 3.8) is 0 Å². The van der Waals surface area contributed by atoms with E-state index in [9.17, 15) is 13.9 Å². The highest BCUT2D eigenvalue weighted by Gasteiger charge is 2.53. The van der Waals surface area contributed by atoms with E-state index in [0.717, 1.165) is 11.2 Å². The number of carbonyl (C=O) groups is 1. The lowest BCUT2D eigenvalue weighted by molar-refractivity contribution is 0.0984. The van der Waals surface area contributed by atoms with Crippen molar-refractivity contribution >= 4 is 43.5 Å². The molecule has 2 aliphatic heterocycles. The van der Waals surface area contributed by atoms with Crippen LogP contribution in [0.15, 0.2) is 48.7 Å². The normalized spacial score (nSPS) is 19.1. The van der Waals surface area contributed by atoms with E-state index in [4.69, 9.17) is 18.1 Å². The third kappa shape index (κ3) is 5.82. The van der Waals surface area contributed by atoms with Crippen molar-refractivity contribution in [2.24, 2.45) is 0 Å². The summed E-state index contributed by atoms with van der Waals surface area (Å²) in [4.78, 5) is 22.3. The van der Waals surface area contributed by atoms with Gasteiger partial charge in [-0.05, 0) is 37.1 Å². The van der Waals surface area contributed by atoms with Gasteiger partial charge in [0, 0.05) is 42.7 Å². The monoisotopic (exact) mass is 548 g/mol. The van der Waals surface area contributed by atoms with Crippen LogP contribution in [0.5, 0.6) is 0 Å². The molecule has 198 valence electrons. The summed E-state index contributed by atoms with van der Waals surface area (Å²) in [5.41, 5.74) is -0.0695. The molecule has 0 aliphatic carbocycles. The van der Waals surface area contributed by atoms with E-state index in [1.165, 1.54) is 0 Å². The fourth-order valence-electron chi connectivity index (χ4n) is 4.20. The molecule has 3 aromatic rings. The first kappa shape index (κ1) is 26.1. The number of Topliss-reactive ketones (excluding diaryl/α,β-unsaturated/α-hetero) is 1. The molecule has 13 heteroatoms. The van der Waals surface area contributed by atoms with Gasteiger partial charge in [0.05, 0.1) is 26.4 Å². The molecule has 0 saturated carbocycles. The Bertz CT molecular complexity index is 1300. The fourth-order valence-corrected chi connectivity index (χ4v) is 9.23. The maximum Gasteiger partial charge on any atom is 0.365 e. The Labute approximate surface area is 214 Å². The Kier molecular flexibility index (Phi) is 7.81. The Morgan fingerprint density at radius 3 is 2.32 bits per heavy atom. The second-order valence-corrected chi connectivity index (χ2v) is 13.5. The summed E-state index contributed by atoms with van der Waals surface area (Å²) in [5.74, 6) is 1.23. The first-order chi connectivity index (χ1) is 17.9. The number of fused-ring (bicyclic) bond motifs is 1. The molecule has 0 bridgehead atoms. The van der Waals surface area contributed by atoms with Crippen LogP contribution in [-0.4, -0.2) is 61.3 Å². The van der Waals surface area contributed by atoms with Crippen LogP contribution < -0.4 is 10.2 Å². The minimum atomic E-state index is -3.84. The molecule has 2 fully saturated rings. The van der Waals surface area contributed by atoms with Crippen LogP contribution in [0.4, 0.5) is 11.6 Å². The topological polar surface area (TPSA) is 132 Å². The summed E-state index contributed by atoms with van der Waals surface area (Å²) in [6.45, 7) is 1.43. The van der Waals surface area contributed by atoms with Crippen molar-refractivity contribution in [1.82, 2.24) is 9.97 Å². The van der Waals surface area contributed by atoms with Gasteiger partial charge in [0.2, 0.25) is 5.52 Å². The number of hydrogen-bond acceptors (Lipinski definition) is 10. The average molecular weight is 548 g/mol. The number of benzene rings is 1. The van der Waals surface area contributed by atoms with Crippen LogP contribution in [0, 0.1) is 0 Å². The van der Waals surface area contributed by atoms with Crippen molar-refractivity contribution in [2.75, 3.05) is 50.2 Å². The zero-order chi connectivity index (χ0) is 25.9. The lowest BCUT2D eigenvalue weighted by atomic mass is 10.1. The van der Waals surface area contributed by atoms with Gasteiger partial charge in [-0.2, -0.15) is 0 Å². The zero-order valence-corrected chi connectivity index (χ0v) is 22.3. The van der Waals surface area contributed by atoms with Gasteiger partial charge >= 0.3 is 15.2 Å². The third-order valence-corrected chi connectivity index (χ3v) is 11.5. The molecule has 0 atom stereocenters. The standard InChI is InChI=1S/C24H30N4O7P2/c1-28(23-6-2-3-10-25-23)11-9-21(29)19-8-7-18-17-22(26-20(18)16-19)27-24(36(30)32-12-4-13-33-36)37(31)34-14-5-15-35-37/h2-3,6-8,10,16-17,24,26-27H,4-5,9,11-15H2,1H3. The van der Waals surface area contributed by atoms with Gasteiger partial charge in [0.25, 0.3) is 0 Å². The number of ketones is 1. The minimum Gasteiger partial charge on any atom is -0.359 e. The van der Waals surface area contributed by atoms with Gasteiger partial charge in [-0.3, -0.25) is 13.9 Å². The van der Waals surface area contributed by atoms with E-state index >= 15 is 0 Å². The summed E-state index contributed by atoms with van der Waals surface area (Å²) in [5, 5.41) is 3.83. The van der Waals surface area contributed by atoms with Gasteiger partial charge in [-0.25, -0.2) is 4.98 Å². The highest BCUT2D eigenvalue weighted by Crippen LogP contribution is 2.71. The van der Waals surface area contributed by atoms with E-state index in [0.29, 0.717) is 42.7 Å². The fraction of sp³-hybridized carbons (Fsp3) is 0.417. The number of carbonyl (C=O) groups excluding carboxylic acids is 1.